The van der Waals surface area contributed by atoms with Crippen LogP contribution in [-0.4, -0.2) is 42.9 Å². The molecule has 1 heterocycles. The second-order valence-corrected chi connectivity index (χ2v) is 10.8. The predicted molar refractivity (Wildman–Crippen MR) is 121 cm³/mol. The number of carbonyl (C=O) groups is 1. The molecule has 0 saturated carbocycles. The molecule has 1 aliphatic heterocycles. The van der Waals surface area contributed by atoms with Gasteiger partial charge in [0.15, 0.2) is 0 Å². The Bertz CT molecular complexity index is 1280. The molecule has 0 amide bonds. The minimum absolute atomic E-state index is 0.0628. The van der Waals surface area contributed by atoms with Crippen LogP contribution < -0.4 is 4.90 Å². The number of aliphatic carboxylic acids is 1. The summed E-state index contributed by atoms with van der Waals surface area (Å²) in [6, 6.07) is 7.64. The number of sulfonamides is 1. The Labute approximate surface area is 200 Å². The number of benzene rings is 2. The molecule has 1 unspecified atom stereocenters. The quantitative estimate of drug-likeness (QED) is 0.646. The van der Waals surface area contributed by atoms with E-state index in [1.165, 1.54) is 22.5 Å². The van der Waals surface area contributed by atoms with E-state index in [1.54, 1.807) is 24.0 Å². The number of hydrogen-bond acceptors (Lipinski definition) is 4. The zero-order valence-corrected chi connectivity index (χ0v) is 19.7. The first-order chi connectivity index (χ1) is 15.8. The Morgan fingerprint density at radius 3 is 2.50 bits per heavy atom. The molecule has 6 nitrogen and oxygen atoms in total. The van der Waals surface area contributed by atoms with E-state index in [0.717, 1.165) is 6.07 Å². The maximum atomic E-state index is 13.6. The molecule has 2 atom stereocenters. The van der Waals surface area contributed by atoms with E-state index in [1.807, 2.05) is 0 Å². The number of rotatable bonds is 4. The first kappa shape index (κ1) is 24.4. The Hall–Kier alpha value is -2.72. The number of carboxylic acids is 1. The summed E-state index contributed by atoms with van der Waals surface area (Å²) in [4.78, 5) is 13.2. The molecular weight excluding hydrogens is 493 g/mol. The monoisotopic (exact) mass is 514 g/mol. The fraction of sp³-hybridized carbons (Fsp3) is 0.348. The van der Waals surface area contributed by atoms with Gasteiger partial charge >= 0.3 is 12.1 Å². The van der Waals surface area contributed by atoms with Gasteiger partial charge in [0, 0.05) is 17.9 Å². The number of alkyl halides is 3. The van der Waals surface area contributed by atoms with Gasteiger partial charge in [-0.15, -0.1) is 0 Å². The van der Waals surface area contributed by atoms with Crippen molar-refractivity contribution >= 4 is 33.3 Å². The summed E-state index contributed by atoms with van der Waals surface area (Å²) in [6.45, 7) is 5.88. The number of fused-ring (bicyclic) bond motifs is 1. The molecule has 11 heteroatoms. The van der Waals surface area contributed by atoms with E-state index in [2.05, 4.69) is 6.58 Å². The lowest BCUT2D eigenvalue weighted by atomic mass is 10.1. The molecule has 0 spiro atoms. The van der Waals surface area contributed by atoms with Gasteiger partial charge in [-0.05, 0) is 55.2 Å². The zero-order chi connectivity index (χ0) is 25.0. The van der Waals surface area contributed by atoms with Crippen molar-refractivity contribution in [3.05, 3.63) is 70.4 Å². The number of hydrogen-bond donors (Lipinski definition) is 1. The number of piperazine rings is 1. The summed E-state index contributed by atoms with van der Waals surface area (Å²) < 4.78 is 67.6. The number of halogens is 4. The first-order valence-corrected chi connectivity index (χ1v) is 12.3. The standard InChI is InChI=1S/C23H22ClF3N2O4S/c1-13-11-28(17-6-7-19(20(24)10-17)23(25,26)27)12-14(2)29(13)34(32,33)21-5-3-4-15-8-16(22(30)31)9-18(15)21/h3-7,10,14,16H,1,8-9,11-12H2,2H3,(H,30,31)/t14-,16?/m1/s1. The number of carboxylic acid groups (broad SMARTS) is 1. The van der Waals surface area contributed by atoms with Gasteiger partial charge in [0.25, 0.3) is 10.0 Å². The largest absolute Gasteiger partial charge is 0.481 e. The zero-order valence-electron chi connectivity index (χ0n) is 18.1. The third kappa shape index (κ3) is 4.24. The Morgan fingerprint density at radius 1 is 1.21 bits per heavy atom. The van der Waals surface area contributed by atoms with Crippen LogP contribution in [-0.2, 0) is 33.8 Å². The summed E-state index contributed by atoms with van der Waals surface area (Å²) >= 11 is 5.86. The second-order valence-electron chi connectivity index (χ2n) is 8.60. The SMILES string of the molecule is C=C1CN(c2ccc(C(F)(F)F)c(Cl)c2)C[C@@H](C)N1S(=O)(=O)c1cccc2c1CC(C(=O)O)C2. The van der Waals surface area contributed by atoms with Crippen LogP contribution >= 0.6 is 11.6 Å². The van der Waals surface area contributed by atoms with Crippen molar-refractivity contribution in [3.63, 3.8) is 0 Å². The van der Waals surface area contributed by atoms with Crippen molar-refractivity contribution in [2.75, 3.05) is 18.0 Å². The van der Waals surface area contributed by atoms with Gasteiger partial charge in [-0.1, -0.05) is 30.3 Å². The molecule has 2 aromatic rings. The minimum Gasteiger partial charge on any atom is -0.481 e. The molecule has 0 radical (unpaired) electrons. The highest BCUT2D eigenvalue weighted by Gasteiger charge is 2.40. The lowest BCUT2D eigenvalue weighted by molar-refractivity contribution is -0.141. The summed E-state index contributed by atoms with van der Waals surface area (Å²) in [5.41, 5.74) is 0.938. The van der Waals surface area contributed by atoms with Crippen molar-refractivity contribution in [3.8, 4) is 0 Å². The van der Waals surface area contributed by atoms with Crippen LogP contribution in [0.1, 0.15) is 23.6 Å². The molecule has 1 N–H and O–H groups in total. The highest BCUT2D eigenvalue weighted by atomic mass is 35.5. The van der Waals surface area contributed by atoms with Crippen LogP contribution in [0, 0.1) is 5.92 Å². The molecule has 1 aliphatic carbocycles. The van der Waals surface area contributed by atoms with Crippen LogP contribution in [0.5, 0.6) is 0 Å². The van der Waals surface area contributed by atoms with Gasteiger partial charge in [-0.25, -0.2) is 8.42 Å². The third-order valence-electron chi connectivity index (χ3n) is 6.23. The molecule has 2 aromatic carbocycles. The minimum atomic E-state index is -4.57. The third-order valence-corrected chi connectivity index (χ3v) is 8.61. The van der Waals surface area contributed by atoms with Crippen molar-refractivity contribution in [1.29, 1.82) is 0 Å². The average molecular weight is 515 g/mol. The van der Waals surface area contributed by atoms with E-state index in [0.29, 0.717) is 16.8 Å². The molecule has 1 saturated heterocycles. The number of anilines is 1. The van der Waals surface area contributed by atoms with Gasteiger partial charge in [0.2, 0.25) is 0 Å². The van der Waals surface area contributed by atoms with E-state index >= 15 is 0 Å². The Kier molecular flexibility index (Phi) is 6.10. The van der Waals surface area contributed by atoms with Crippen molar-refractivity contribution < 1.29 is 31.5 Å². The van der Waals surface area contributed by atoms with Crippen molar-refractivity contribution in [2.24, 2.45) is 5.92 Å². The van der Waals surface area contributed by atoms with Gasteiger partial charge < -0.3 is 10.0 Å². The number of nitrogens with zero attached hydrogens (tertiary/aromatic N) is 2. The maximum absolute atomic E-state index is 13.6. The topological polar surface area (TPSA) is 77.9 Å². The summed E-state index contributed by atoms with van der Waals surface area (Å²) in [6.07, 6.45) is -4.17. The van der Waals surface area contributed by atoms with Crippen molar-refractivity contribution in [2.45, 2.75) is 36.9 Å². The molecule has 4 rings (SSSR count). The lowest BCUT2D eigenvalue weighted by Gasteiger charge is -2.42. The molecule has 182 valence electrons. The predicted octanol–water partition coefficient (Wildman–Crippen LogP) is 4.57. The first-order valence-electron chi connectivity index (χ1n) is 10.5. The molecule has 1 fully saturated rings. The second kappa shape index (κ2) is 8.49. The van der Waals surface area contributed by atoms with Crippen LogP contribution in [0.4, 0.5) is 18.9 Å². The van der Waals surface area contributed by atoms with E-state index in [4.69, 9.17) is 11.6 Å². The molecule has 2 aliphatic rings. The van der Waals surface area contributed by atoms with E-state index < -0.39 is 44.7 Å². The van der Waals surface area contributed by atoms with E-state index in [9.17, 15) is 31.5 Å². The van der Waals surface area contributed by atoms with Gasteiger partial charge in [-0.2, -0.15) is 13.2 Å². The fourth-order valence-electron chi connectivity index (χ4n) is 4.73. The van der Waals surface area contributed by atoms with Crippen molar-refractivity contribution in [1.82, 2.24) is 4.31 Å². The highest BCUT2D eigenvalue weighted by Crippen LogP contribution is 2.39. The highest BCUT2D eigenvalue weighted by molar-refractivity contribution is 7.89. The van der Waals surface area contributed by atoms with Gasteiger partial charge in [0.1, 0.15) is 0 Å². The van der Waals surface area contributed by atoms with Gasteiger partial charge in [0.05, 0.1) is 34.0 Å². The van der Waals surface area contributed by atoms with Crippen LogP contribution in [0.3, 0.4) is 0 Å². The molecule has 0 aromatic heterocycles. The van der Waals surface area contributed by atoms with E-state index in [-0.39, 0.29) is 36.5 Å². The van der Waals surface area contributed by atoms with Crippen LogP contribution in [0.2, 0.25) is 5.02 Å². The Balaban J connectivity index is 1.61. The maximum Gasteiger partial charge on any atom is 0.417 e. The molecule has 0 bridgehead atoms. The normalized spacial score (nSPS) is 21.0. The Morgan fingerprint density at radius 2 is 1.91 bits per heavy atom. The molecular formula is C23H22ClF3N2O4S. The smallest absolute Gasteiger partial charge is 0.417 e. The lowest BCUT2D eigenvalue weighted by Crippen LogP contribution is -2.52. The van der Waals surface area contributed by atoms with Crippen LogP contribution in [0.15, 0.2) is 53.6 Å². The van der Waals surface area contributed by atoms with Crippen LogP contribution in [0.25, 0.3) is 0 Å². The summed E-state index contributed by atoms with van der Waals surface area (Å²) in [7, 11) is -4.04. The summed E-state index contributed by atoms with van der Waals surface area (Å²) in [5.74, 6) is -1.64. The molecule has 34 heavy (non-hydrogen) atoms. The summed E-state index contributed by atoms with van der Waals surface area (Å²) in [5, 5.41) is 8.94. The fourth-order valence-corrected chi connectivity index (χ4v) is 6.94. The average Bonchev–Trinajstić information content (AvgIpc) is 3.16. The van der Waals surface area contributed by atoms with Gasteiger partial charge in [-0.3, -0.25) is 9.10 Å².